The summed E-state index contributed by atoms with van der Waals surface area (Å²) in [5, 5.41) is 11.2. The number of rotatable bonds is 0. The summed E-state index contributed by atoms with van der Waals surface area (Å²) >= 11 is 0. The van der Waals surface area contributed by atoms with Crippen molar-refractivity contribution in [3.63, 3.8) is 0 Å². The van der Waals surface area contributed by atoms with Gasteiger partial charge in [-0.1, -0.05) is 97.1 Å². The third-order valence-electron chi connectivity index (χ3n) is 13.9. The molecular weight excluding hydrogens is 1100 g/mol. The van der Waals surface area contributed by atoms with Gasteiger partial charge in [0.05, 0.1) is 0 Å². The normalized spacial score (nSPS) is 13.3. The highest BCUT2D eigenvalue weighted by Gasteiger charge is 2.18. The van der Waals surface area contributed by atoms with Gasteiger partial charge in [-0.3, -0.25) is 0 Å². The second kappa shape index (κ2) is 23.5. The zero-order valence-corrected chi connectivity index (χ0v) is 44.6. The van der Waals surface area contributed by atoms with Gasteiger partial charge in [-0.2, -0.15) is 0 Å². The van der Waals surface area contributed by atoms with Gasteiger partial charge in [0.15, 0.2) is 49.6 Å². The summed E-state index contributed by atoms with van der Waals surface area (Å²) in [6.45, 7) is 3.92. The van der Waals surface area contributed by atoms with E-state index >= 15 is 0 Å². The van der Waals surface area contributed by atoms with Crippen molar-refractivity contribution in [2.45, 2.75) is 77.5 Å². The van der Waals surface area contributed by atoms with Gasteiger partial charge in [-0.25, -0.2) is 18.3 Å². The van der Waals surface area contributed by atoms with E-state index in [9.17, 15) is 0 Å². The van der Waals surface area contributed by atoms with Crippen molar-refractivity contribution in [2.75, 3.05) is 0 Å². The van der Waals surface area contributed by atoms with Gasteiger partial charge in [0, 0.05) is 74.2 Å². The standard InChI is InChI=1S/C60H56N4.4BrH/c1-2-14-50-49(13-1)57-21-9-33-61-37-25-45(26-38-61)47-29-41-63(42-30-47)35-11-23-59-53-17-5-7-19-55(53)60(56-20-8-6-18-54(56)59)24-12-36-64-43-31-48(32-44-64)46-27-39-62(40-28-46)34-10-22-58(50)52-16-4-3-15-51(52)57;;;;/h1-8,13-20,25-32,37-44H,9-12,21-24,33-36H2;4*1H/q+4;;;;/p-4. The summed E-state index contributed by atoms with van der Waals surface area (Å²) in [6.07, 6.45) is 26.5. The van der Waals surface area contributed by atoms with Gasteiger partial charge in [-0.05, 0) is 113 Å². The van der Waals surface area contributed by atoms with Crippen LogP contribution in [0.1, 0.15) is 47.9 Å². The minimum atomic E-state index is 0. The van der Waals surface area contributed by atoms with Crippen molar-refractivity contribution < 1.29 is 86.2 Å². The van der Waals surface area contributed by atoms with Gasteiger partial charge in [-0.15, -0.1) is 0 Å². The molecule has 0 unspecified atom stereocenters. The molecule has 4 aromatic heterocycles. The Morgan fingerprint density at radius 1 is 0.221 bits per heavy atom. The van der Waals surface area contributed by atoms with Crippen molar-refractivity contribution in [3.05, 3.63) is 217 Å². The summed E-state index contributed by atoms with van der Waals surface area (Å²) < 4.78 is 9.39. The van der Waals surface area contributed by atoms with E-state index in [1.54, 1.807) is 0 Å². The first-order valence-electron chi connectivity index (χ1n) is 23.5. The first-order chi connectivity index (χ1) is 31.7. The predicted molar refractivity (Wildman–Crippen MR) is 261 cm³/mol. The van der Waals surface area contributed by atoms with Gasteiger partial charge in [0.1, 0.15) is 26.2 Å². The summed E-state index contributed by atoms with van der Waals surface area (Å²) in [5.41, 5.74) is 10.9. The Balaban J connectivity index is 0.00000171. The van der Waals surface area contributed by atoms with E-state index in [4.69, 9.17) is 0 Å². The fraction of sp³-hybridized carbons (Fsp3) is 0.200. The second-order valence-corrected chi connectivity index (χ2v) is 17.8. The first-order valence-corrected chi connectivity index (χ1v) is 23.5. The lowest BCUT2D eigenvalue weighted by Gasteiger charge is -2.16. The quantitative estimate of drug-likeness (QED) is 0.146. The Labute approximate surface area is 443 Å². The van der Waals surface area contributed by atoms with Crippen LogP contribution in [0.2, 0.25) is 0 Å². The summed E-state index contributed by atoms with van der Waals surface area (Å²) in [5.74, 6) is 0. The molecule has 0 atom stereocenters. The lowest BCUT2D eigenvalue weighted by Crippen LogP contribution is -3.00. The van der Waals surface area contributed by atoms with E-state index in [-0.39, 0.29) is 67.9 Å². The molecule has 344 valence electrons. The predicted octanol–water partition coefficient (Wildman–Crippen LogP) is -0.356. The molecule has 12 bridgehead atoms. The third-order valence-corrected chi connectivity index (χ3v) is 13.9. The number of fused-ring (bicyclic) bond motifs is 1. The largest absolute Gasteiger partial charge is 1.00 e. The molecule has 8 heteroatoms. The van der Waals surface area contributed by atoms with Crippen LogP contribution in [-0.4, -0.2) is 0 Å². The van der Waals surface area contributed by atoms with Crippen molar-refractivity contribution >= 4 is 43.1 Å². The van der Waals surface area contributed by atoms with Crippen LogP contribution in [-0.2, 0) is 51.9 Å². The van der Waals surface area contributed by atoms with Crippen LogP contribution in [0, 0.1) is 0 Å². The molecule has 6 aromatic carbocycles. The fourth-order valence-electron chi connectivity index (χ4n) is 10.6. The molecule has 0 saturated heterocycles. The van der Waals surface area contributed by atoms with E-state index < -0.39 is 0 Å². The average Bonchev–Trinajstić information content (AvgIpc) is 3.35. The summed E-state index contributed by atoms with van der Waals surface area (Å²) in [6, 6.07) is 54.7. The molecule has 10 aromatic rings. The zero-order chi connectivity index (χ0) is 42.7. The number of nitrogens with zero attached hydrogens (tertiary/aromatic N) is 4. The Kier molecular flexibility index (Phi) is 17.5. The van der Waals surface area contributed by atoms with Crippen molar-refractivity contribution in [3.8, 4) is 22.3 Å². The van der Waals surface area contributed by atoms with Gasteiger partial charge >= 0.3 is 0 Å². The highest BCUT2D eigenvalue weighted by molar-refractivity contribution is 6.07. The molecule has 14 aliphatic rings. The summed E-state index contributed by atoms with van der Waals surface area (Å²) in [4.78, 5) is 0. The topological polar surface area (TPSA) is 15.5 Å². The Hall–Kier alpha value is -5.12. The van der Waals surface area contributed by atoms with Crippen LogP contribution in [0.5, 0.6) is 0 Å². The molecule has 24 rings (SSSR count). The molecule has 0 spiro atoms. The average molecular weight is 1150 g/mol. The lowest BCUT2D eigenvalue weighted by atomic mass is 9.88. The van der Waals surface area contributed by atoms with Crippen LogP contribution in [0.4, 0.5) is 0 Å². The molecule has 68 heavy (non-hydrogen) atoms. The SMILES string of the molecule is [Br-].[Br-].[Br-].[Br-].c1ccc2c3c4ccccc4c(c2c1)CCC[n+]1ccc(cc1)-c1cc[n+](cc1)CCCc1c2ccccc2c(c2ccccc12)CCC[n+]1ccc(cc1)-c1cc[n+](cc1)CCC3. The summed E-state index contributed by atoms with van der Waals surface area (Å²) in [7, 11) is 0. The number of aryl methyl sites for hydroxylation is 8. The van der Waals surface area contributed by atoms with Crippen molar-refractivity contribution in [1.82, 2.24) is 0 Å². The number of pyridine rings is 4. The molecule has 0 amide bonds. The van der Waals surface area contributed by atoms with Gasteiger partial charge < -0.3 is 67.9 Å². The van der Waals surface area contributed by atoms with Crippen LogP contribution in [0.3, 0.4) is 0 Å². The molecule has 0 N–H and O–H groups in total. The number of hydrogen-bond acceptors (Lipinski definition) is 0. The maximum absolute atomic E-state index is 2.35. The highest BCUT2D eigenvalue weighted by Crippen LogP contribution is 2.36. The maximum atomic E-state index is 2.35. The molecule has 0 fully saturated rings. The maximum Gasteiger partial charge on any atom is 0.169 e. The van der Waals surface area contributed by atoms with Crippen LogP contribution >= 0.6 is 0 Å². The monoisotopic (exact) mass is 1150 g/mol. The van der Waals surface area contributed by atoms with Crippen molar-refractivity contribution in [2.24, 2.45) is 0 Å². The molecule has 0 saturated carbocycles. The molecule has 0 aliphatic carbocycles. The fourth-order valence-corrected chi connectivity index (χ4v) is 10.6. The first kappa shape index (κ1) is 50.7. The zero-order valence-electron chi connectivity index (χ0n) is 38.3. The van der Waals surface area contributed by atoms with Crippen molar-refractivity contribution in [1.29, 1.82) is 0 Å². The molecular formula is C60H56Br4N4. The second-order valence-electron chi connectivity index (χ2n) is 17.8. The molecule has 4 nitrogen and oxygen atoms in total. The lowest BCUT2D eigenvalue weighted by molar-refractivity contribution is -0.697. The van der Waals surface area contributed by atoms with E-state index in [2.05, 4.69) is 213 Å². The van der Waals surface area contributed by atoms with E-state index in [0.717, 1.165) is 77.5 Å². The van der Waals surface area contributed by atoms with E-state index in [1.807, 2.05) is 0 Å². The minimum Gasteiger partial charge on any atom is -1.00 e. The van der Waals surface area contributed by atoms with E-state index in [0.29, 0.717) is 0 Å². The highest BCUT2D eigenvalue weighted by atomic mass is 79.9. The Morgan fingerprint density at radius 3 is 0.544 bits per heavy atom. The number of benzene rings is 6. The third kappa shape index (κ3) is 10.7. The van der Waals surface area contributed by atoms with Crippen LogP contribution in [0.15, 0.2) is 195 Å². The van der Waals surface area contributed by atoms with Crippen LogP contribution in [0.25, 0.3) is 65.3 Å². The van der Waals surface area contributed by atoms with Gasteiger partial charge in [0.25, 0.3) is 0 Å². The van der Waals surface area contributed by atoms with E-state index in [1.165, 1.54) is 87.6 Å². The Bertz CT molecular complexity index is 2710. The number of aromatic nitrogens is 4. The van der Waals surface area contributed by atoms with Gasteiger partial charge in [0.2, 0.25) is 0 Å². The molecule has 0 radical (unpaired) electrons. The minimum absolute atomic E-state index is 0. The molecule has 18 heterocycles. The smallest absolute Gasteiger partial charge is 0.169 e. The van der Waals surface area contributed by atoms with Crippen LogP contribution < -0.4 is 86.2 Å². The number of hydrogen-bond donors (Lipinski definition) is 0. The number of halogens is 4. The Morgan fingerprint density at radius 2 is 0.382 bits per heavy atom. The molecule has 14 aliphatic heterocycles.